The molecule has 0 spiro atoms. The molecule has 17 heavy (non-hydrogen) atoms. The Balaban J connectivity index is 3.21. The third-order valence-corrected chi connectivity index (χ3v) is 2.37. The highest BCUT2D eigenvalue weighted by Gasteiger charge is 2.51. The summed E-state index contributed by atoms with van der Waals surface area (Å²) in [5.74, 6) is 4.13. The van der Waals surface area contributed by atoms with Gasteiger partial charge in [-0.05, 0) is 24.6 Å². The van der Waals surface area contributed by atoms with Gasteiger partial charge in [0.15, 0.2) is 5.60 Å². The molecule has 0 heterocycles. The molecular weight excluding hydrogens is 237 g/mol. The third-order valence-electron chi connectivity index (χ3n) is 2.37. The fourth-order valence-corrected chi connectivity index (χ4v) is 1.21. The Morgan fingerprint density at radius 2 is 2.00 bits per heavy atom. The van der Waals surface area contributed by atoms with Crippen molar-refractivity contribution in [2.24, 2.45) is 5.84 Å². The van der Waals surface area contributed by atoms with Gasteiger partial charge in [0.05, 0.1) is 0 Å². The summed E-state index contributed by atoms with van der Waals surface area (Å²) in [6.45, 7) is 0.618. The molecule has 0 aliphatic heterocycles. The van der Waals surface area contributed by atoms with E-state index in [0.29, 0.717) is 6.92 Å². The third kappa shape index (κ3) is 2.56. The molecule has 0 saturated carbocycles. The van der Waals surface area contributed by atoms with Gasteiger partial charge in [-0.15, -0.1) is 0 Å². The van der Waals surface area contributed by atoms with Crippen molar-refractivity contribution in [2.75, 3.05) is 0 Å². The van der Waals surface area contributed by atoms with E-state index in [9.17, 15) is 23.1 Å². The second-order valence-corrected chi connectivity index (χ2v) is 3.62. The van der Waals surface area contributed by atoms with Crippen molar-refractivity contribution in [2.45, 2.75) is 18.7 Å². The van der Waals surface area contributed by atoms with E-state index in [0.717, 1.165) is 12.1 Å². The number of nitrogens with two attached hydrogens (primary N) is 1. The highest BCUT2D eigenvalue weighted by Crippen LogP contribution is 2.38. The first kappa shape index (κ1) is 13.5. The number of alkyl halides is 3. The number of amides is 1. The zero-order chi connectivity index (χ0) is 13.3. The minimum absolute atomic E-state index is 0.0606. The van der Waals surface area contributed by atoms with E-state index in [1.54, 1.807) is 5.43 Å². The fraction of sp³-hybridized carbons (Fsp3) is 0.300. The van der Waals surface area contributed by atoms with E-state index >= 15 is 0 Å². The molecule has 1 aromatic rings. The van der Waals surface area contributed by atoms with E-state index in [1.165, 1.54) is 12.1 Å². The Morgan fingerprint density at radius 1 is 1.41 bits per heavy atom. The Morgan fingerprint density at radius 3 is 2.47 bits per heavy atom. The quantitative estimate of drug-likeness (QED) is 0.416. The van der Waals surface area contributed by atoms with Gasteiger partial charge < -0.3 is 5.11 Å². The number of aliphatic hydroxyl groups is 1. The number of rotatable bonds is 2. The van der Waals surface area contributed by atoms with Crippen LogP contribution in [0.15, 0.2) is 24.3 Å². The number of hydrazine groups is 1. The zero-order valence-electron chi connectivity index (χ0n) is 8.88. The average Bonchev–Trinajstić information content (AvgIpc) is 2.26. The average molecular weight is 248 g/mol. The van der Waals surface area contributed by atoms with E-state index in [4.69, 9.17) is 5.84 Å². The minimum Gasteiger partial charge on any atom is -0.376 e. The Kier molecular flexibility index (Phi) is 3.44. The summed E-state index contributed by atoms with van der Waals surface area (Å²) >= 11 is 0. The van der Waals surface area contributed by atoms with Crippen LogP contribution < -0.4 is 11.3 Å². The van der Waals surface area contributed by atoms with Gasteiger partial charge >= 0.3 is 6.18 Å². The molecule has 0 aromatic heterocycles. The van der Waals surface area contributed by atoms with Crippen molar-refractivity contribution in [1.29, 1.82) is 0 Å². The molecule has 0 fully saturated rings. The SMILES string of the molecule is C[C@@](O)(c1cccc(C(=O)NN)c1)C(F)(F)F. The maximum atomic E-state index is 12.6. The van der Waals surface area contributed by atoms with E-state index in [2.05, 4.69) is 0 Å². The van der Waals surface area contributed by atoms with Crippen LogP contribution in [0.1, 0.15) is 22.8 Å². The Hall–Kier alpha value is -1.60. The molecular formula is C10H11F3N2O2. The molecule has 1 atom stereocenters. The van der Waals surface area contributed by atoms with Crippen molar-refractivity contribution >= 4 is 5.91 Å². The summed E-state index contributed by atoms with van der Waals surface area (Å²) in [6, 6.07) is 4.55. The summed E-state index contributed by atoms with van der Waals surface area (Å²) < 4.78 is 37.7. The van der Waals surface area contributed by atoms with E-state index < -0.39 is 23.2 Å². The number of benzene rings is 1. The van der Waals surface area contributed by atoms with Crippen LogP contribution in [-0.4, -0.2) is 17.2 Å². The van der Waals surface area contributed by atoms with Gasteiger partial charge in [-0.3, -0.25) is 10.2 Å². The van der Waals surface area contributed by atoms with Crippen molar-refractivity contribution in [3.8, 4) is 0 Å². The first-order valence-corrected chi connectivity index (χ1v) is 4.60. The van der Waals surface area contributed by atoms with Gasteiger partial charge in [-0.2, -0.15) is 13.2 Å². The maximum Gasteiger partial charge on any atom is 0.421 e. The maximum absolute atomic E-state index is 12.6. The lowest BCUT2D eigenvalue weighted by Crippen LogP contribution is -2.39. The number of hydrogen-bond donors (Lipinski definition) is 3. The first-order chi connectivity index (χ1) is 7.70. The summed E-state index contributed by atoms with van der Waals surface area (Å²) in [5.41, 5.74) is -1.70. The highest BCUT2D eigenvalue weighted by molar-refractivity contribution is 5.93. The highest BCUT2D eigenvalue weighted by atomic mass is 19.4. The molecule has 1 aromatic carbocycles. The largest absolute Gasteiger partial charge is 0.421 e. The van der Waals surface area contributed by atoms with Crippen LogP contribution in [0.3, 0.4) is 0 Å². The molecule has 1 amide bonds. The molecule has 0 radical (unpaired) electrons. The second-order valence-electron chi connectivity index (χ2n) is 3.62. The van der Waals surface area contributed by atoms with Gasteiger partial charge in [0.2, 0.25) is 0 Å². The number of hydrogen-bond acceptors (Lipinski definition) is 3. The smallest absolute Gasteiger partial charge is 0.376 e. The van der Waals surface area contributed by atoms with Gasteiger partial charge in [0, 0.05) is 5.56 Å². The van der Waals surface area contributed by atoms with Gasteiger partial charge in [-0.1, -0.05) is 12.1 Å². The van der Waals surface area contributed by atoms with Crippen LogP contribution in [0.2, 0.25) is 0 Å². The first-order valence-electron chi connectivity index (χ1n) is 4.60. The molecule has 4 N–H and O–H groups in total. The number of nitrogen functional groups attached to an aromatic ring is 1. The molecule has 0 bridgehead atoms. The molecule has 0 saturated heterocycles. The summed E-state index contributed by atoms with van der Waals surface area (Å²) in [5, 5.41) is 9.41. The summed E-state index contributed by atoms with van der Waals surface area (Å²) in [4.78, 5) is 11.1. The van der Waals surface area contributed by atoms with Crippen LogP contribution >= 0.6 is 0 Å². The number of halogens is 3. The lowest BCUT2D eigenvalue weighted by atomic mass is 9.94. The van der Waals surface area contributed by atoms with Crippen molar-refractivity contribution in [3.05, 3.63) is 35.4 Å². The predicted octanol–water partition coefficient (Wildman–Crippen LogP) is 1.06. The zero-order valence-corrected chi connectivity index (χ0v) is 8.88. The number of carbonyl (C=O) groups is 1. The fourth-order valence-electron chi connectivity index (χ4n) is 1.21. The molecule has 94 valence electrons. The lowest BCUT2D eigenvalue weighted by molar-refractivity contribution is -0.258. The normalized spacial score (nSPS) is 15.2. The lowest BCUT2D eigenvalue weighted by Gasteiger charge is -2.26. The monoisotopic (exact) mass is 248 g/mol. The van der Waals surface area contributed by atoms with Crippen LogP contribution in [0.5, 0.6) is 0 Å². The van der Waals surface area contributed by atoms with Gasteiger partial charge in [0.25, 0.3) is 5.91 Å². The molecule has 1 rings (SSSR count). The van der Waals surface area contributed by atoms with Crippen molar-refractivity contribution < 1.29 is 23.1 Å². The van der Waals surface area contributed by atoms with Gasteiger partial charge in [-0.25, -0.2) is 5.84 Å². The van der Waals surface area contributed by atoms with Gasteiger partial charge in [0.1, 0.15) is 0 Å². The second kappa shape index (κ2) is 4.34. The van der Waals surface area contributed by atoms with Crippen LogP contribution in [0, 0.1) is 0 Å². The Labute approximate surface area is 95.2 Å². The molecule has 4 nitrogen and oxygen atoms in total. The summed E-state index contributed by atoms with van der Waals surface area (Å²) in [6.07, 6.45) is -4.83. The molecule has 0 aliphatic rings. The molecule has 7 heteroatoms. The van der Waals surface area contributed by atoms with E-state index in [-0.39, 0.29) is 5.56 Å². The minimum atomic E-state index is -4.83. The van der Waals surface area contributed by atoms with E-state index in [1.807, 2.05) is 0 Å². The molecule has 0 aliphatic carbocycles. The standard InChI is InChI=1S/C10H11F3N2O2/c1-9(17,10(11,12)13)7-4-2-3-6(5-7)8(16)15-14/h2-5,17H,14H2,1H3,(H,15,16)/t9-/m1/s1. The van der Waals surface area contributed by atoms with Crippen molar-refractivity contribution in [3.63, 3.8) is 0 Å². The number of nitrogens with one attached hydrogen (secondary N) is 1. The topological polar surface area (TPSA) is 75.3 Å². The predicted molar refractivity (Wildman–Crippen MR) is 53.7 cm³/mol. The molecule has 0 unspecified atom stereocenters. The number of carbonyl (C=O) groups excluding carboxylic acids is 1. The van der Waals surface area contributed by atoms with Crippen LogP contribution in [0.25, 0.3) is 0 Å². The van der Waals surface area contributed by atoms with Crippen molar-refractivity contribution in [1.82, 2.24) is 5.43 Å². The summed E-state index contributed by atoms with van der Waals surface area (Å²) in [7, 11) is 0. The van der Waals surface area contributed by atoms with Crippen LogP contribution in [-0.2, 0) is 5.60 Å². The Bertz CT molecular complexity index is 430. The van der Waals surface area contributed by atoms with Crippen LogP contribution in [0.4, 0.5) is 13.2 Å².